The molecule has 0 aliphatic heterocycles. The number of hydrogen-bond donors (Lipinski definition) is 0. The molecule has 1 heterocycles. The van der Waals surface area contributed by atoms with E-state index in [4.69, 9.17) is 9.97 Å². The number of rotatable bonds is 4. The van der Waals surface area contributed by atoms with Crippen molar-refractivity contribution in [2.24, 2.45) is 0 Å². The summed E-state index contributed by atoms with van der Waals surface area (Å²) in [6, 6.07) is 61.2. The molecule has 0 saturated heterocycles. The summed E-state index contributed by atoms with van der Waals surface area (Å²) in [4.78, 5) is 10.8. The number of hydrogen-bond acceptors (Lipinski definition) is 2. The molecule has 0 fully saturated rings. The van der Waals surface area contributed by atoms with E-state index in [9.17, 15) is 0 Å². The van der Waals surface area contributed by atoms with Crippen molar-refractivity contribution in [2.75, 3.05) is 0 Å². The second-order valence-corrected chi connectivity index (χ2v) is 14.1. The number of aromatic nitrogens is 2. The SMILES string of the molecule is CC1(C)c2ccccc2-c2c(-c3ccccc3-c3cc(-c4c5ccccc5cc5ccc6ccccc6c45)nc(-c4ccccc4)n3)cccc21. The molecule has 2 nitrogen and oxygen atoms in total. The van der Waals surface area contributed by atoms with Crippen molar-refractivity contribution in [1.82, 2.24) is 9.97 Å². The molecule has 0 radical (unpaired) electrons. The van der Waals surface area contributed by atoms with Crippen molar-refractivity contribution in [3.05, 3.63) is 181 Å². The van der Waals surface area contributed by atoms with E-state index >= 15 is 0 Å². The van der Waals surface area contributed by atoms with Crippen molar-refractivity contribution in [3.8, 4) is 56.2 Å². The van der Waals surface area contributed by atoms with Crippen LogP contribution in [0.5, 0.6) is 0 Å². The van der Waals surface area contributed by atoms with E-state index in [1.807, 2.05) is 6.07 Å². The van der Waals surface area contributed by atoms with E-state index in [0.717, 1.165) is 28.1 Å². The molecule has 10 rings (SSSR count). The van der Waals surface area contributed by atoms with Crippen molar-refractivity contribution in [2.45, 2.75) is 19.3 Å². The lowest BCUT2D eigenvalue weighted by Gasteiger charge is -2.22. The summed E-state index contributed by atoms with van der Waals surface area (Å²) in [6.07, 6.45) is 0. The molecule has 0 N–H and O–H groups in total. The summed E-state index contributed by atoms with van der Waals surface area (Å²) < 4.78 is 0. The van der Waals surface area contributed by atoms with Crippen LogP contribution in [-0.2, 0) is 5.41 Å². The smallest absolute Gasteiger partial charge is 0.160 e. The lowest BCUT2D eigenvalue weighted by molar-refractivity contribution is 0.660. The third-order valence-electron chi connectivity index (χ3n) is 10.9. The number of fused-ring (bicyclic) bond motifs is 7. The molecule has 1 aliphatic rings. The van der Waals surface area contributed by atoms with Gasteiger partial charge in [-0.1, -0.05) is 172 Å². The first-order chi connectivity index (χ1) is 25.1. The Morgan fingerprint density at radius 3 is 1.84 bits per heavy atom. The van der Waals surface area contributed by atoms with Crippen LogP contribution in [-0.4, -0.2) is 9.97 Å². The highest BCUT2D eigenvalue weighted by atomic mass is 14.9. The van der Waals surface area contributed by atoms with Gasteiger partial charge in [-0.05, 0) is 77.8 Å². The predicted molar refractivity (Wildman–Crippen MR) is 214 cm³/mol. The Balaban J connectivity index is 1.29. The van der Waals surface area contributed by atoms with Crippen LogP contribution in [0.1, 0.15) is 25.0 Å². The fourth-order valence-corrected chi connectivity index (χ4v) is 8.46. The molecular formula is C49H34N2. The highest BCUT2D eigenvalue weighted by molar-refractivity contribution is 6.21. The lowest BCUT2D eigenvalue weighted by Crippen LogP contribution is -2.14. The van der Waals surface area contributed by atoms with Gasteiger partial charge in [0.25, 0.3) is 0 Å². The van der Waals surface area contributed by atoms with Gasteiger partial charge >= 0.3 is 0 Å². The summed E-state index contributed by atoms with van der Waals surface area (Å²) in [6.45, 7) is 4.68. The fraction of sp³-hybridized carbons (Fsp3) is 0.0612. The van der Waals surface area contributed by atoms with Crippen LogP contribution in [0.2, 0.25) is 0 Å². The maximum absolute atomic E-state index is 5.40. The first-order valence-electron chi connectivity index (χ1n) is 17.7. The molecule has 1 aromatic heterocycles. The molecule has 9 aromatic rings. The molecule has 51 heavy (non-hydrogen) atoms. The molecule has 2 heteroatoms. The second kappa shape index (κ2) is 11.3. The van der Waals surface area contributed by atoms with E-state index in [-0.39, 0.29) is 5.41 Å². The van der Waals surface area contributed by atoms with Crippen LogP contribution in [0.4, 0.5) is 0 Å². The summed E-state index contributed by atoms with van der Waals surface area (Å²) >= 11 is 0. The Labute approximate surface area is 297 Å². The highest BCUT2D eigenvalue weighted by Crippen LogP contribution is 2.53. The summed E-state index contributed by atoms with van der Waals surface area (Å²) in [5.74, 6) is 0.712. The number of benzene rings is 8. The molecule has 240 valence electrons. The van der Waals surface area contributed by atoms with Gasteiger partial charge in [0.1, 0.15) is 0 Å². The van der Waals surface area contributed by atoms with Gasteiger partial charge in [0.15, 0.2) is 5.82 Å². The molecule has 1 aliphatic carbocycles. The molecule has 0 spiro atoms. The van der Waals surface area contributed by atoms with Gasteiger partial charge in [-0.25, -0.2) is 9.97 Å². The first-order valence-corrected chi connectivity index (χ1v) is 17.7. The summed E-state index contributed by atoms with van der Waals surface area (Å²) in [7, 11) is 0. The maximum atomic E-state index is 5.40. The van der Waals surface area contributed by atoms with E-state index in [0.29, 0.717) is 5.82 Å². The zero-order valence-corrected chi connectivity index (χ0v) is 28.6. The third kappa shape index (κ3) is 4.57. The Bertz CT molecular complexity index is 2830. The molecule has 0 atom stereocenters. The number of nitrogens with zero attached hydrogens (tertiary/aromatic N) is 2. The molecular weight excluding hydrogens is 617 g/mol. The molecule has 0 unspecified atom stereocenters. The fourth-order valence-electron chi connectivity index (χ4n) is 8.46. The minimum Gasteiger partial charge on any atom is -0.228 e. The average Bonchev–Trinajstić information content (AvgIpc) is 3.43. The zero-order valence-electron chi connectivity index (χ0n) is 28.6. The van der Waals surface area contributed by atoms with Gasteiger partial charge in [0, 0.05) is 22.1 Å². The van der Waals surface area contributed by atoms with E-state index < -0.39 is 0 Å². The van der Waals surface area contributed by atoms with Crippen LogP contribution in [0, 0.1) is 0 Å². The van der Waals surface area contributed by atoms with Crippen molar-refractivity contribution < 1.29 is 0 Å². The van der Waals surface area contributed by atoms with Gasteiger partial charge in [-0.3, -0.25) is 0 Å². The Morgan fingerprint density at radius 1 is 0.392 bits per heavy atom. The van der Waals surface area contributed by atoms with Crippen LogP contribution < -0.4 is 0 Å². The minimum absolute atomic E-state index is 0.0857. The molecule has 8 aromatic carbocycles. The summed E-state index contributed by atoms with van der Waals surface area (Å²) in [5, 5.41) is 7.22. The topological polar surface area (TPSA) is 25.8 Å². The quantitative estimate of drug-likeness (QED) is 0.140. The minimum atomic E-state index is -0.0857. The van der Waals surface area contributed by atoms with Crippen LogP contribution in [0.3, 0.4) is 0 Å². The van der Waals surface area contributed by atoms with Gasteiger partial charge in [-0.15, -0.1) is 0 Å². The lowest BCUT2D eigenvalue weighted by atomic mass is 9.81. The first kappa shape index (κ1) is 29.5. The standard InChI is InChI=1S/C49H34N2/c1-49(2)41-25-13-12-23-40(41)46-39(24-14-26-42(46)49)37-21-10-11-22-38(37)43-30-44(51-48(50-43)32-16-4-3-5-17-32)47-36-20-9-7-18-33(36)29-34-28-27-31-15-6-8-19-35(31)45(34)47/h3-30H,1-2H3. The predicted octanol–water partition coefficient (Wildman–Crippen LogP) is 12.9. The van der Waals surface area contributed by atoms with E-state index in [1.165, 1.54) is 65.7 Å². The van der Waals surface area contributed by atoms with Crippen molar-refractivity contribution in [1.29, 1.82) is 0 Å². The third-order valence-corrected chi connectivity index (χ3v) is 10.9. The van der Waals surface area contributed by atoms with Gasteiger partial charge in [0.05, 0.1) is 11.4 Å². The molecule has 0 saturated carbocycles. The van der Waals surface area contributed by atoms with Crippen molar-refractivity contribution in [3.63, 3.8) is 0 Å². The molecule has 0 amide bonds. The van der Waals surface area contributed by atoms with Crippen LogP contribution in [0.15, 0.2) is 170 Å². The maximum Gasteiger partial charge on any atom is 0.160 e. The van der Waals surface area contributed by atoms with Gasteiger partial charge in [0.2, 0.25) is 0 Å². The van der Waals surface area contributed by atoms with Crippen LogP contribution in [0.25, 0.3) is 88.5 Å². The van der Waals surface area contributed by atoms with Gasteiger partial charge in [-0.2, -0.15) is 0 Å². The summed E-state index contributed by atoms with van der Waals surface area (Å²) in [5.41, 5.74) is 12.7. The second-order valence-electron chi connectivity index (χ2n) is 14.1. The largest absolute Gasteiger partial charge is 0.228 e. The van der Waals surface area contributed by atoms with E-state index in [1.54, 1.807) is 0 Å². The van der Waals surface area contributed by atoms with E-state index in [2.05, 4.69) is 178 Å². The normalized spacial score (nSPS) is 13.1. The van der Waals surface area contributed by atoms with Crippen molar-refractivity contribution >= 4 is 32.3 Å². The molecule has 0 bridgehead atoms. The zero-order chi connectivity index (χ0) is 34.1. The Hall–Kier alpha value is -6.38. The Kier molecular flexibility index (Phi) is 6.56. The Morgan fingerprint density at radius 2 is 1.00 bits per heavy atom. The average molecular weight is 651 g/mol. The van der Waals surface area contributed by atoms with Gasteiger partial charge < -0.3 is 0 Å². The van der Waals surface area contributed by atoms with Crippen LogP contribution >= 0.6 is 0 Å². The highest BCUT2D eigenvalue weighted by Gasteiger charge is 2.36. The monoisotopic (exact) mass is 650 g/mol.